The zero-order valence-corrected chi connectivity index (χ0v) is 16.8. The molecule has 0 aliphatic carbocycles. The molecule has 2 aromatic carbocycles. The van der Waals surface area contributed by atoms with Crippen LogP contribution in [0.4, 0.5) is 11.5 Å². The Morgan fingerprint density at radius 1 is 1.04 bits per heavy atom. The summed E-state index contributed by atoms with van der Waals surface area (Å²) in [7, 11) is 0. The molecule has 142 valence electrons. The Labute approximate surface area is 161 Å². The molecule has 0 amide bonds. The van der Waals surface area contributed by atoms with Crippen molar-refractivity contribution in [1.82, 2.24) is 4.98 Å². The van der Waals surface area contributed by atoms with E-state index in [1.807, 2.05) is 19.8 Å². The van der Waals surface area contributed by atoms with Gasteiger partial charge in [-0.2, -0.15) is 0 Å². The minimum atomic E-state index is 0.145. The van der Waals surface area contributed by atoms with Gasteiger partial charge in [-0.3, -0.25) is 0 Å². The summed E-state index contributed by atoms with van der Waals surface area (Å²) in [4.78, 5) is 12.8. The van der Waals surface area contributed by atoms with Crippen molar-refractivity contribution in [3.63, 3.8) is 0 Å². The largest absolute Gasteiger partial charge is 0.399 e. The number of nitrogens with one attached hydrogen (secondary N) is 1. The van der Waals surface area contributed by atoms with E-state index in [1.165, 1.54) is 16.5 Å². The molecule has 1 heterocycles. The summed E-state index contributed by atoms with van der Waals surface area (Å²) >= 11 is 0. The molecule has 0 radical (unpaired) electrons. The first kappa shape index (κ1) is 20.4. The number of pyridine rings is 1. The average molecular weight is 364 g/mol. The molecule has 0 aliphatic heterocycles. The van der Waals surface area contributed by atoms with Gasteiger partial charge >= 0.3 is 0 Å². The maximum Gasteiger partial charge on any atom is 0.127 e. The summed E-state index contributed by atoms with van der Waals surface area (Å²) in [6.07, 6.45) is 0. The molecule has 1 aromatic heterocycles. The number of hydrogen-bond acceptors (Lipinski definition) is 4. The maximum absolute atomic E-state index is 8.00. The van der Waals surface area contributed by atoms with Gasteiger partial charge in [0.25, 0.3) is 0 Å². The Morgan fingerprint density at radius 2 is 1.74 bits per heavy atom. The number of fused-ring (bicyclic) bond motifs is 1. The molecular formula is C23H29N3O. The number of nitrogens with two attached hydrogens (primary N) is 1. The van der Waals surface area contributed by atoms with E-state index >= 15 is 0 Å². The minimum Gasteiger partial charge on any atom is -0.399 e. The highest BCUT2D eigenvalue weighted by atomic mass is 16.1. The van der Waals surface area contributed by atoms with Gasteiger partial charge in [0, 0.05) is 17.1 Å². The summed E-state index contributed by atoms with van der Waals surface area (Å²) in [5, 5.41) is 4.66. The Kier molecular flexibility index (Phi) is 6.21. The highest BCUT2D eigenvalue weighted by molar-refractivity contribution is 5.81. The molecule has 3 aromatic rings. The third kappa shape index (κ3) is 4.85. The molecule has 0 fully saturated rings. The lowest BCUT2D eigenvalue weighted by atomic mass is 9.86. The number of aromatic nitrogens is 1. The molecular weight excluding hydrogens is 334 g/mol. The van der Waals surface area contributed by atoms with E-state index in [0.717, 1.165) is 22.6 Å². The highest BCUT2D eigenvalue weighted by Gasteiger charge is 2.14. The normalized spacial score (nSPS) is 12.2. The molecule has 4 heteroatoms. The molecule has 1 unspecified atom stereocenters. The van der Waals surface area contributed by atoms with Gasteiger partial charge in [0.05, 0.1) is 5.52 Å². The van der Waals surface area contributed by atoms with Gasteiger partial charge in [-0.05, 0) is 66.3 Å². The third-order valence-electron chi connectivity index (χ3n) is 4.71. The first-order chi connectivity index (χ1) is 12.7. The Balaban J connectivity index is 0.00000126. The minimum absolute atomic E-state index is 0.145. The van der Waals surface area contributed by atoms with Crippen LogP contribution in [-0.2, 0) is 10.2 Å². The van der Waals surface area contributed by atoms with Crippen molar-refractivity contribution < 1.29 is 4.79 Å². The quantitative estimate of drug-likeness (QED) is 0.610. The Morgan fingerprint density at radius 3 is 2.37 bits per heavy atom. The fraction of sp³-hybridized carbons (Fsp3) is 0.304. The fourth-order valence-electron chi connectivity index (χ4n) is 2.95. The van der Waals surface area contributed by atoms with E-state index in [9.17, 15) is 0 Å². The number of anilines is 2. The summed E-state index contributed by atoms with van der Waals surface area (Å²) in [5.74, 6) is 0.887. The van der Waals surface area contributed by atoms with Crippen LogP contribution in [0, 0.1) is 6.92 Å². The second-order valence-corrected chi connectivity index (χ2v) is 7.84. The highest BCUT2D eigenvalue weighted by Crippen LogP contribution is 2.27. The zero-order chi connectivity index (χ0) is 20.2. The molecule has 4 nitrogen and oxygen atoms in total. The summed E-state index contributed by atoms with van der Waals surface area (Å²) in [6, 6.07) is 17.0. The topological polar surface area (TPSA) is 68.0 Å². The maximum atomic E-state index is 8.00. The van der Waals surface area contributed by atoms with Crippen LogP contribution in [0.15, 0.2) is 48.5 Å². The zero-order valence-electron chi connectivity index (χ0n) is 16.8. The first-order valence-electron chi connectivity index (χ1n) is 9.07. The predicted octanol–water partition coefficient (Wildman–Crippen LogP) is 5.41. The number of nitrogens with zero attached hydrogens (tertiary/aromatic N) is 1. The number of aryl methyl sites for hydroxylation is 1. The van der Waals surface area contributed by atoms with Crippen molar-refractivity contribution in [2.24, 2.45) is 0 Å². The Hall–Kier alpha value is -2.88. The van der Waals surface area contributed by atoms with Crippen LogP contribution in [0.25, 0.3) is 10.9 Å². The van der Waals surface area contributed by atoms with Crippen molar-refractivity contribution in [1.29, 1.82) is 0 Å². The molecule has 0 saturated heterocycles. The van der Waals surface area contributed by atoms with E-state index < -0.39 is 0 Å². The number of benzene rings is 2. The van der Waals surface area contributed by atoms with Gasteiger partial charge in [-0.1, -0.05) is 39.0 Å². The van der Waals surface area contributed by atoms with Crippen LogP contribution in [0.2, 0.25) is 0 Å². The second-order valence-electron chi connectivity index (χ2n) is 7.84. The molecule has 1 atom stereocenters. The Bertz CT molecular complexity index is 929. The van der Waals surface area contributed by atoms with Crippen LogP contribution < -0.4 is 11.1 Å². The van der Waals surface area contributed by atoms with Gasteiger partial charge in [-0.25, -0.2) is 4.98 Å². The van der Waals surface area contributed by atoms with Crippen LogP contribution in [0.5, 0.6) is 0 Å². The fourth-order valence-corrected chi connectivity index (χ4v) is 2.95. The standard InChI is InChI=1S/C22H27N3.CH2O/c1-14-12-16(6-9-19(14)23)15(2)24-21-11-7-17-13-18(22(3,4)5)8-10-20(17)25-21;1-2/h6-13,15H,23H2,1-5H3,(H,24,25);1H2. The molecule has 3 rings (SSSR count). The molecule has 0 aliphatic rings. The van der Waals surface area contributed by atoms with Crippen molar-refractivity contribution in [3.8, 4) is 0 Å². The first-order valence-corrected chi connectivity index (χ1v) is 9.07. The lowest BCUT2D eigenvalue weighted by molar-refractivity contribution is -0.0979. The monoisotopic (exact) mass is 363 g/mol. The van der Waals surface area contributed by atoms with Gasteiger partial charge in [0.1, 0.15) is 12.6 Å². The summed E-state index contributed by atoms with van der Waals surface area (Å²) in [5.41, 5.74) is 11.5. The van der Waals surface area contributed by atoms with E-state index in [0.29, 0.717) is 0 Å². The van der Waals surface area contributed by atoms with E-state index in [2.05, 4.69) is 75.5 Å². The molecule has 0 spiro atoms. The number of carbonyl (C=O) groups is 1. The van der Waals surface area contributed by atoms with Crippen LogP contribution in [-0.4, -0.2) is 11.8 Å². The van der Waals surface area contributed by atoms with Crippen molar-refractivity contribution in [2.45, 2.75) is 46.1 Å². The van der Waals surface area contributed by atoms with Gasteiger partial charge in [0.2, 0.25) is 0 Å². The van der Waals surface area contributed by atoms with Crippen molar-refractivity contribution in [3.05, 3.63) is 65.2 Å². The van der Waals surface area contributed by atoms with Crippen molar-refractivity contribution in [2.75, 3.05) is 11.1 Å². The molecule has 0 bridgehead atoms. The average Bonchev–Trinajstić information content (AvgIpc) is 2.64. The van der Waals surface area contributed by atoms with Gasteiger partial charge < -0.3 is 15.8 Å². The number of rotatable bonds is 3. The smallest absolute Gasteiger partial charge is 0.127 e. The van der Waals surface area contributed by atoms with Crippen LogP contribution in [0.3, 0.4) is 0 Å². The number of hydrogen-bond donors (Lipinski definition) is 2. The van der Waals surface area contributed by atoms with Crippen LogP contribution >= 0.6 is 0 Å². The SMILES string of the molecule is C=O.Cc1cc(C(C)Nc2ccc3cc(C(C)(C)C)ccc3n2)ccc1N. The molecule has 0 saturated carbocycles. The lowest BCUT2D eigenvalue weighted by Gasteiger charge is -2.20. The number of carbonyl (C=O) groups excluding carboxylic acids is 1. The van der Waals surface area contributed by atoms with E-state index in [1.54, 1.807) is 0 Å². The predicted molar refractivity (Wildman–Crippen MR) is 115 cm³/mol. The summed E-state index contributed by atoms with van der Waals surface area (Å²) in [6.45, 7) is 12.9. The van der Waals surface area contributed by atoms with E-state index in [-0.39, 0.29) is 11.5 Å². The lowest BCUT2D eigenvalue weighted by Crippen LogP contribution is -2.11. The van der Waals surface area contributed by atoms with Gasteiger partial charge in [0.15, 0.2) is 0 Å². The van der Waals surface area contributed by atoms with E-state index in [4.69, 9.17) is 15.5 Å². The molecule has 27 heavy (non-hydrogen) atoms. The number of nitrogen functional groups attached to an aromatic ring is 1. The van der Waals surface area contributed by atoms with Gasteiger partial charge in [-0.15, -0.1) is 0 Å². The second kappa shape index (κ2) is 8.21. The molecule has 3 N–H and O–H groups in total. The van der Waals surface area contributed by atoms with Crippen molar-refractivity contribution >= 4 is 29.2 Å². The summed E-state index contributed by atoms with van der Waals surface area (Å²) < 4.78 is 0. The third-order valence-corrected chi connectivity index (χ3v) is 4.71. The van der Waals surface area contributed by atoms with Crippen LogP contribution in [0.1, 0.15) is 50.4 Å².